The van der Waals surface area contributed by atoms with Crippen LogP contribution in [0.4, 0.5) is 5.69 Å². The van der Waals surface area contributed by atoms with Crippen molar-refractivity contribution in [1.82, 2.24) is 10.3 Å². The van der Waals surface area contributed by atoms with Crippen LogP contribution >= 0.6 is 11.6 Å². The standard InChI is InChI=1S/C21H24ClN3/c22-16-9-10-17-18(11-12-23-21(17)13-16)25-20-8-4-3-7-19(20)24-14-15-5-1-2-6-15/h1,5-6,9-13,19-20,24H,2-4,7-8,14H2,(H,23,25)/t19-,20-/m1/s1. The van der Waals surface area contributed by atoms with Gasteiger partial charge in [-0.05, 0) is 49.1 Å². The molecule has 130 valence electrons. The summed E-state index contributed by atoms with van der Waals surface area (Å²) in [5, 5.41) is 9.42. The Bertz CT molecular complexity index is 812. The first-order valence-electron chi connectivity index (χ1n) is 9.19. The summed E-state index contributed by atoms with van der Waals surface area (Å²) in [6.45, 7) is 0.964. The molecule has 0 radical (unpaired) electrons. The number of allylic oxidation sites excluding steroid dienone is 2. The Morgan fingerprint density at radius 1 is 1.12 bits per heavy atom. The van der Waals surface area contributed by atoms with Gasteiger partial charge in [0, 0.05) is 40.9 Å². The summed E-state index contributed by atoms with van der Waals surface area (Å²) in [6, 6.07) is 8.94. The molecule has 0 spiro atoms. The number of rotatable bonds is 5. The van der Waals surface area contributed by atoms with E-state index in [0.29, 0.717) is 12.1 Å². The minimum atomic E-state index is 0.445. The monoisotopic (exact) mass is 353 g/mol. The predicted molar refractivity (Wildman–Crippen MR) is 106 cm³/mol. The van der Waals surface area contributed by atoms with Gasteiger partial charge in [-0.1, -0.05) is 42.7 Å². The molecule has 25 heavy (non-hydrogen) atoms. The van der Waals surface area contributed by atoms with Crippen molar-refractivity contribution in [1.29, 1.82) is 0 Å². The Kier molecular flexibility index (Phi) is 5.04. The highest BCUT2D eigenvalue weighted by Crippen LogP contribution is 2.28. The molecule has 0 aliphatic heterocycles. The van der Waals surface area contributed by atoms with Crippen LogP contribution < -0.4 is 10.6 Å². The number of pyridine rings is 1. The molecule has 1 aromatic carbocycles. The molecule has 1 saturated carbocycles. The molecule has 2 aromatic rings. The van der Waals surface area contributed by atoms with E-state index in [9.17, 15) is 0 Å². The minimum Gasteiger partial charge on any atom is -0.380 e. The first-order chi connectivity index (χ1) is 12.3. The van der Waals surface area contributed by atoms with Gasteiger partial charge in [0.05, 0.1) is 5.52 Å². The predicted octanol–water partition coefficient (Wildman–Crippen LogP) is 5.09. The van der Waals surface area contributed by atoms with Crippen LogP contribution in [0.25, 0.3) is 10.9 Å². The summed E-state index contributed by atoms with van der Waals surface area (Å²) < 4.78 is 0. The fourth-order valence-electron chi connectivity index (χ4n) is 3.88. The molecule has 0 amide bonds. The number of hydrogen-bond acceptors (Lipinski definition) is 3. The molecular formula is C21H24ClN3. The summed E-state index contributed by atoms with van der Waals surface area (Å²) in [5.74, 6) is 0. The molecule has 0 saturated heterocycles. The highest BCUT2D eigenvalue weighted by Gasteiger charge is 2.25. The lowest BCUT2D eigenvalue weighted by Gasteiger charge is -2.34. The van der Waals surface area contributed by atoms with Gasteiger partial charge in [0.2, 0.25) is 0 Å². The van der Waals surface area contributed by atoms with Crippen molar-refractivity contribution in [3.8, 4) is 0 Å². The number of hydrogen-bond donors (Lipinski definition) is 2. The average molecular weight is 354 g/mol. The van der Waals surface area contributed by atoms with Gasteiger partial charge >= 0.3 is 0 Å². The number of nitrogens with zero attached hydrogens (tertiary/aromatic N) is 1. The first-order valence-corrected chi connectivity index (χ1v) is 9.57. The smallest absolute Gasteiger partial charge is 0.0737 e. The SMILES string of the molecule is Clc1ccc2c(N[C@@H]3CCCC[C@H]3NCC3=CCC=C3)ccnc2c1. The summed E-state index contributed by atoms with van der Waals surface area (Å²) >= 11 is 6.11. The lowest BCUT2D eigenvalue weighted by Crippen LogP contribution is -2.46. The number of benzene rings is 1. The third-order valence-corrected chi connectivity index (χ3v) is 5.46. The molecule has 2 aliphatic carbocycles. The van der Waals surface area contributed by atoms with E-state index in [1.54, 1.807) is 0 Å². The second-order valence-corrected chi connectivity index (χ2v) is 7.40. The van der Waals surface area contributed by atoms with Gasteiger partial charge in [-0.3, -0.25) is 4.98 Å². The Labute approximate surface area is 154 Å². The minimum absolute atomic E-state index is 0.445. The van der Waals surface area contributed by atoms with E-state index in [-0.39, 0.29) is 0 Å². The molecule has 1 fully saturated rings. The maximum Gasteiger partial charge on any atom is 0.0737 e. The Morgan fingerprint density at radius 2 is 2.00 bits per heavy atom. The zero-order valence-corrected chi connectivity index (χ0v) is 15.1. The number of aromatic nitrogens is 1. The molecule has 0 unspecified atom stereocenters. The Balaban J connectivity index is 1.50. The maximum absolute atomic E-state index is 6.11. The van der Waals surface area contributed by atoms with Crippen molar-refractivity contribution in [2.45, 2.75) is 44.2 Å². The van der Waals surface area contributed by atoms with Crippen molar-refractivity contribution >= 4 is 28.2 Å². The third kappa shape index (κ3) is 3.88. The van der Waals surface area contributed by atoms with Crippen molar-refractivity contribution in [2.24, 2.45) is 0 Å². The lowest BCUT2D eigenvalue weighted by molar-refractivity contribution is 0.352. The van der Waals surface area contributed by atoms with Gasteiger partial charge in [-0.25, -0.2) is 0 Å². The topological polar surface area (TPSA) is 37.0 Å². The van der Waals surface area contributed by atoms with Crippen LogP contribution in [-0.2, 0) is 0 Å². The zero-order valence-electron chi connectivity index (χ0n) is 14.3. The first kappa shape index (κ1) is 16.6. The Morgan fingerprint density at radius 3 is 2.84 bits per heavy atom. The number of nitrogens with one attached hydrogen (secondary N) is 2. The quantitative estimate of drug-likeness (QED) is 0.786. The molecule has 2 atom stereocenters. The van der Waals surface area contributed by atoms with Crippen molar-refractivity contribution in [3.05, 3.63) is 59.3 Å². The molecule has 0 bridgehead atoms. The lowest BCUT2D eigenvalue weighted by atomic mass is 9.89. The van der Waals surface area contributed by atoms with Gasteiger partial charge in [0.15, 0.2) is 0 Å². The van der Waals surface area contributed by atoms with Crippen LogP contribution in [0.3, 0.4) is 0 Å². The van der Waals surface area contributed by atoms with Crippen LogP contribution in [0.5, 0.6) is 0 Å². The average Bonchev–Trinajstić information content (AvgIpc) is 3.14. The van der Waals surface area contributed by atoms with Gasteiger partial charge in [0.1, 0.15) is 0 Å². The molecule has 3 nitrogen and oxygen atoms in total. The van der Waals surface area contributed by atoms with Crippen LogP contribution in [0.1, 0.15) is 32.1 Å². The molecule has 4 rings (SSSR count). The van der Waals surface area contributed by atoms with E-state index in [4.69, 9.17) is 11.6 Å². The zero-order chi connectivity index (χ0) is 17.1. The summed E-state index contributed by atoms with van der Waals surface area (Å²) in [7, 11) is 0. The van der Waals surface area contributed by atoms with Crippen LogP contribution in [0.15, 0.2) is 54.3 Å². The summed E-state index contributed by atoms with van der Waals surface area (Å²) in [4.78, 5) is 4.45. The molecule has 1 heterocycles. The second kappa shape index (κ2) is 7.59. The number of fused-ring (bicyclic) bond motifs is 1. The summed E-state index contributed by atoms with van der Waals surface area (Å²) in [5.41, 5.74) is 3.51. The number of halogens is 1. The Hall–Kier alpha value is -1.84. The molecule has 2 N–H and O–H groups in total. The van der Waals surface area contributed by atoms with E-state index in [0.717, 1.165) is 34.6 Å². The van der Waals surface area contributed by atoms with E-state index < -0.39 is 0 Å². The summed E-state index contributed by atoms with van der Waals surface area (Å²) in [6.07, 6.45) is 14.7. The fraction of sp³-hybridized carbons (Fsp3) is 0.381. The van der Waals surface area contributed by atoms with Crippen molar-refractivity contribution in [2.75, 3.05) is 11.9 Å². The normalized spacial score (nSPS) is 23.0. The fourth-order valence-corrected chi connectivity index (χ4v) is 4.05. The van der Waals surface area contributed by atoms with E-state index in [1.807, 2.05) is 18.3 Å². The molecule has 2 aliphatic rings. The van der Waals surface area contributed by atoms with Gasteiger partial charge < -0.3 is 10.6 Å². The highest BCUT2D eigenvalue weighted by molar-refractivity contribution is 6.31. The molecule has 4 heteroatoms. The van der Waals surface area contributed by atoms with E-state index in [2.05, 4.69) is 46.0 Å². The molecule has 1 aromatic heterocycles. The molecular weight excluding hydrogens is 330 g/mol. The van der Waals surface area contributed by atoms with Crippen LogP contribution in [-0.4, -0.2) is 23.6 Å². The highest BCUT2D eigenvalue weighted by atomic mass is 35.5. The largest absolute Gasteiger partial charge is 0.380 e. The van der Waals surface area contributed by atoms with Crippen LogP contribution in [0, 0.1) is 0 Å². The van der Waals surface area contributed by atoms with E-state index >= 15 is 0 Å². The third-order valence-electron chi connectivity index (χ3n) is 5.23. The van der Waals surface area contributed by atoms with Gasteiger partial charge in [0.25, 0.3) is 0 Å². The van der Waals surface area contributed by atoms with Gasteiger partial charge in [-0.2, -0.15) is 0 Å². The van der Waals surface area contributed by atoms with E-state index in [1.165, 1.54) is 31.3 Å². The maximum atomic E-state index is 6.11. The van der Waals surface area contributed by atoms with Crippen LogP contribution in [0.2, 0.25) is 5.02 Å². The second-order valence-electron chi connectivity index (χ2n) is 6.96. The van der Waals surface area contributed by atoms with Crippen molar-refractivity contribution in [3.63, 3.8) is 0 Å². The number of anilines is 1. The van der Waals surface area contributed by atoms with Crippen molar-refractivity contribution < 1.29 is 0 Å². The van der Waals surface area contributed by atoms with Gasteiger partial charge in [-0.15, -0.1) is 0 Å².